The quantitative estimate of drug-likeness (QED) is 0.0293. The lowest BCUT2D eigenvalue weighted by Crippen LogP contribution is -2.37. The van der Waals surface area contributed by atoms with E-state index in [1.165, 1.54) is 24.3 Å². The van der Waals surface area contributed by atoms with Gasteiger partial charge >= 0.3 is 23.5 Å². The van der Waals surface area contributed by atoms with Crippen molar-refractivity contribution in [2.24, 2.45) is 5.92 Å². The Kier molecular flexibility index (Phi) is 16.0. The van der Waals surface area contributed by atoms with Crippen molar-refractivity contribution in [3.8, 4) is 0 Å². The molecule has 12 N–H and O–H groups in total. The average Bonchev–Trinajstić information content (AvgIpc) is 3.87. The summed E-state index contributed by atoms with van der Waals surface area (Å²) in [5.41, 5.74) is 12.5. The standard InChI is InChI=1S/C28H45N10O17P3/c1-48-23-22(55-58(46,47)50-7-3-5-40)18(54-27(23)38-15-35-21-25(38)36-28(30)37-26(21)41)13-53-57(44,45)52-12-16(11-51-56(42,43)49-6-2-4-39)8-31-9-17-10-32-20-19(17)33-14-34-24(20)29/h10,14-16,18,22-23,27,31-32,39-40H,2-9,11-13H2,1H3,(H,42,43)(H,44,45)(H,46,47)(H2,29,33,34)(H3,30,36,37,41)/t16?,18-,22-,23-,27-/m1/s1. The van der Waals surface area contributed by atoms with Crippen LogP contribution in [0, 0.1) is 5.92 Å². The largest absolute Gasteiger partial charge is 0.472 e. The van der Waals surface area contributed by atoms with Crippen LogP contribution in [0.4, 0.5) is 11.8 Å². The van der Waals surface area contributed by atoms with E-state index in [4.69, 9.17) is 58.3 Å². The van der Waals surface area contributed by atoms with Crippen molar-refractivity contribution in [1.29, 1.82) is 0 Å². The monoisotopic (exact) mass is 886 g/mol. The fourth-order valence-electron chi connectivity index (χ4n) is 5.61. The third kappa shape index (κ3) is 12.1. The lowest BCUT2D eigenvalue weighted by Gasteiger charge is -2.25. The molecule has 0 saturated carbocycles. The van der Waals surface area contributed by atoms with Crippen LogP contribution in [0.2, 0.25) is 0 Å². The number of methoxy groups -OCH3 is 1. The van der Waals surface area contributed by atoms with Crippen molar-refractivity contribution < 1.29 is 75.2 Å². The van der Waals surface area contributed by atoms with E-state index < -0.39 is 79.3 Å². The number of nitrogens with two attached hydrogens (primary N) is 2. The summed E-state index contributed by atoms with van der Waals surface area (Å²) >= 11 is 0. The van der Waals surface area contributed by atoms with Gasteiger partial charge in [0.2, 0.25) is 5.95 Å². The number of aromatic amines is 2. The highest BCUT2D eigenvalue weighted by Gasteiger charge is 2.51. The number of ether oxygens (including phenoxy) is 2. The third-order valence-electron chi connectivity index (χ3n) is 8.32. The van der Waals surface area contributed by atoms with Gasteiger partial charge in [0.15, 0.2) is 23.2 Å². The number of phosphoric acid groups is 3. The molecule has 324 valence electrons. The number of H-pyrrole nitrogens is 2. The summed E-state index contributed by atoms with van der Waals surface area (Å²) in [5, 5.41) is 21.1. The van der Waals surface area contributed by atoms with E-state index in [1.54, 1.807) is 6.20 Å². The van der Waals surface area contributed by atoms with E-state index in [-0.39, 0.29) is 75.3 Å². The van der Waals surface area contributed by atoms with Crippen LogP contribution in [0.25, 0.3) is 22.2 Å². The first-order chi connectivity index (χ1) is 27.6. The summed E-state index contributed by atoms with van der Waals surface area (Å²) in [6.07, 6.45) is -1.47. The number of nitrogens with zero attached hydrogens (tertiary/aromatic N) is 5. The number of aliphatic hydroxyl groups is 2. The molecule has 4 unspecified atom stereocenters. The topological polar surface area (TPSA) is 395 Å². The van der Waals surface area contributed by atoms with Gasteiger partial charge in [0.25, 0.3) is 5.56 Å². The Hall–Kier alpha value is -3.30. The summed E-state index contributed by atoms with van der Waals surface area (Å²) in [5.74, 6) is -0.928. The Morgan fingerprint density at radius 3 is 2.28 bits per heavy atom. The fourth-order valence-corrected chi connectivity index (χ4v) is 8.24. The van der Waals surface area contributed by atoms with E-state index in [2.05, 4.69) is 35.2 Å². The zero-order valence-corrected chi connectivity index (χ0v) is 33.4. The smallest absolute Gasteiger partial charge is 0.396 e. The maximum Gasteiger partial charge on any atom is 0.472 e. The molecule has 27 nitrogen and oxygen atoms in total. The van der Waals surface area contributed by atoms with Crippen LogP contribution in [-0.2, 0) is 56.9 Å². The molecular weight excluding hydrogens is 841 g/mol. The highest BCUT2D eigenvalue weighted by molar-refractivity contribution is 7.48. The molecule has 0 aromatic carbocycles. The Balaban J connectivity index is 1.29. The van der Waals surface area contributed by atoms with Gasteiger partial charge in [-0.25, -0.2) is 28.6 Å². The molecule has 30 heteroatoms. The Bertz CT molecular complexity index is 2170. The normalized spacial score (nSPS) is 22.2. The third-order valence-corrected chi connectivity index (χ3v) is 11.3. The summed E-state index contributed by atoms with van der Waals surface area (Å²) in [6.45, 7) is -3.09. The molecule has 0 bridgehead atoms. The molecule has 5 rings (SSSR count). The number of nitrogens with one attached hydrogen (secondary N) is 3. The van der Waals surface area contributed by atoms with Gasteiger partial charge in [-0.05, 0) is 12.8 Å². The minimum Gasteiger partial charge on any atom is -0.396 e. The van der Waals surface area contributed by atoms with Gasteiger partial charge in [-0.15, -0.1) is 0 Å². The van der Waals surface area contributed by atoms with Gasteiger partial charge < -0.3 is 56.1 Å². The second kappa shape index (κ2) is 20.3. The lowest BCUT2D eigenvalue weighted by molar-refractivity contribution is -0.0586. The van der Waals surface area contributed by atoms with E-state index in [0.717, 1.165) is 0 Å². The van der Waals surface area contributed by atoms with Crippen LogP contribution in [0.15, 0.2) is 23.6 Å². The second-order valence-corrected chi connectivity index (χ2v) is 16.8. The van der Waals surface area contributed by atoms with E-state index >= 15 is 0 Å². The number of hydrogen-bond donors (Lipinski definition) is 10. The Morgan fingerprint density at radius 2 is 1.60 bits per heavy atom. The van der Waals surface area contributed by atoms with Crippen molar-refractivity contribution in [1.82, 2.24) is 39.8 Å². The van der Waals surface area contributed by atoms with E-state index in [0.29, 0.717) is 16.6 Å². The van der Waals surface area contributed by atoms with E-state index in [1.807, 2.05) is 0 Å². The molecule has 5 heterocycles. The molecule has 4 aromatic heterocycles. The van der Waals surface area contributed by atoms with Gasteiger partial charge in [0, 0.05) is 51.1 Å². The van der Waals surface area contributed by atoms with Crippen molar-refractivity contribution in [2.75, 3.05) is 71.4 Å². The molecule has 1 aliphatic heterocycles. The molecule has 4 aromatic rings. The van der Waals surface area contributed by atoms with Crippen LogP contribution in [0.1, 0.15) is 24.6 Å². The van der Waals surface area contributed by atoms with Gasteiger partial charge in [0.05, 0.1) is 44.9 Å². The zero-order valence-electron chi connectivity index (χ0n) is 30.8. The molecule has 0 radical (unpaired) electrons. The summed E-state index contributed by atoms with van der Waals surface area (Å²) in [6, 6.07) is 0. The number of anilines is 2. The summed E-state index contributed by atoms with van der Waals surface area (Å²) in [7, 11) is -13.3. The molecule has 1 saturated heterocycles. The van der Waals surface area contributed by atoms with Gasteiger partial charge in [0.1, 0.15) is 30.2 Å². The number of aromatic nitrogens is 7. The summed E-state index contributed by atoms with van der Waals surface area (Å²) in [4.78, 5) is 65.4. The van der Waals surface area contributed by atoms with Crippen LogP contribution < -0.4 is 22.3 Å². The van der Waals surface area contributed by atoms with Crippen LogP contribution in [0.3, 0.4) is 0 Å². The maximum absolute atomic E-state index is 13.3. The van der Waals surface area contributed by atoms with Crippen molar-refractivity contribution >= 4 is 57.4 Å². The minimum atomic E-state index is -5.03. The second-order valence-electron chi connectivity index (χ2n) is 12.5. The molecule has 58 heavy (non-hydrogen) atoms. The first-order valence-electron chi connectivity index (χ1n) is 17.4. The average molecular weight is 887 g/mol. The van der Waals surface area contributed by atoms with Crippen LogP contribution in [-0.4, -0.2) is 138 Å². The fraction of sp³-hybridized carbons (Fsp3) is 0.607. The predicted molar refractivity (Wildman–Crippen MR) is 198 cm³/mol. The predicted octanol–water partition coefficient (Wildman–Crippen LogP) is -0.592. The van der Waals surface area contributed by atoms with Crippen molar-refractivity contribution in [3.05, 3.63) is 34.8 Å². The number of aliphatic hydroxyl groups excluding tert-OH is 2. The molecule has 0 amide bonds. The highest BCUT2D eigenvalue weighted by atomic mass is 31.2. The molecule has 0 spiro atoms. The summed E-state index contributed by atoms with van der Waals surface area (Å²) < 4.78 is 82.3. The first kappa shape index (κ1) is 45.8. The minimum absolute atomic E-state index is 0.00707. The van der Waals surface area contributed by atoms with E-state index in [9.17, 15) is 33.2 Å². The molecule has 1 fully saturated rings. The van der Waals surface area contributed by atoms with Crippen LogP contribution >= 0.6 is 23.5 Å². The molecule has 8 atom stereocenters. The van der Waals surface area contributed by atoms with Crippen molar-refractivity contribution in [3.63, 3.8) is 0 Å². The lowest BCUT2D eigenvalue weighted by atomic mass is 10.1. The Morgan fingerprint density at radius 1 is 0.931 bits per heavy atom. The number of fused-ring (bicyclic) bond motifs is 2. The Labute approximate surface area is 328 Å². The van der Waals surface area contributed by atoms with Gasteiger partial charge in [-0.2, -0.15) is 4.98 Å². The molecular formula is C28H45N10O17P3. The highest BCUT2D eigenvalue weighted by Crippen LogP contribution is 2.51. The number of hydrogen-bond acceptors (Lipinski definition) is 21. The number of nitrogen functional groups attached to an aromatic ring is 2. The zero-order chi connectivity index (χ0) is 42.1. The molecule has 1 aliphatic rings. The number of phosphoric ester groups is 3. The van der Waals surface area contributed by atoms with Crippen LogP contribution in [0.5, 0.6) is 0 Å². The SMILES string of the molecule is CO[C@@H]1[C@H](OP(=O)(O)OCCCO)[C@@H](COP(=O)(O)OCC(CNCc2c[nH]c3c(N)ncnc23)COP(=O)(O)OCCCO)O[C@H]1n1cnc2c(=O)[nH]c(N)nc21. The van der Waals surface area contributed by atoms with Gasteiger partial charge in [-0.3, -0.25) is 41.5 Å². The first-order valence-corrected chi connectivity index (χ1v) is 21.8. The van der Waals surface area contributed by atoms with Gasteiger partial charge in [-0.1, -0.05) is 0 Å². The van der Waals surface area contributed by atoms with Crippen molar-refractivity contribution in [2.45, 2.75) is 43.9 Å². The maximum atomic E-state index is 13.3. The number of imidazole rings is 1. The number of rotatable bonds is 25. The molecule has 0 aliphatic carbocycles.